The van der Waals surface area contributed by atoms with E-state index < -0.39 is 5.82 Å². The first-order chi connectivity index (χ1) is 13.1. The van der Waals surface area contributed by atoms with Crippen LogP contribution in [0.15, 0.2) is 29.1 Å². The molecule has 1 fully saturated rings. The van der Waals surface area contributed by atoms with Crippen molar-refractivity contribution in [2.75, 3.05) is 13.1 Å². The van der Waals surface area contributed by atoms with Crippen molar-refractivity contribution >= 4 is 0 Å². The largest absolute Gasteiger partial charge is 0.299 e. The summed E-state index contributed by atoms with van der Waals surface area (Å²) < 4.78 is 28.8. The van der Waals surface area contributed by atoms with E-state index in [1.807, 2.05) is 0 Å². The molecule has 2 aromatic rings. The fraction of sp³-hybridized carbons (Fsp3) is 0.524. The lowest BCUT2D eigenvalue weighted by Gasteiger charge is -2.32. The van der Waals surface area contributed by atoms with E-state index >= 15 is 0 Å². The highest BCUT2D eigenvalue weighted by atomic mass is 19.1. The van der Waals surface area contributed by atoms with Crippen molar-refractivity contribution in [3.8, 4) is 0 Å². The number of aromatic nitrogens is 2. The van der Waals surface area contributed by atoms with Gasteiger partial charge in [0.05, 0.1) is 5.69 Å². The van der Waals surface area contributed by atoms with E-state index in [1.165, 1.54) is 12.1 Å². The number of rotatable bonds is 4. The van der Waals surface area contributed by atoms with Gasteiger partial charge in [-0.1, -0.05) is 0 Å². The molecule has 2 heterocycles. The Labute approximate surface area is 157 Å². The minimum Gasteiger partial charge on any atom is -0.299 e. The van der Waals surface area contributed by atoms with Crippen molar-refractivity contribution in [3.63, 3.8) is 0 Å². The molecule has 144 valence electrons. The summed E-state index contributed by atoms with van der Waals surface area (Å²) in [6.45, 7) is 2.71. The number of piperidine rings is 1. The molecule has 0 amide bonds. The molecule has 1 aromatic heterocycles. The zero-order valence-corrected chi connectivity index (χ0v) is 15.5. The van der Waals surface area contributed by atoms with Gasteiger partial charge >= 0.3 is 0 Å². The Balaban J connectivity index is 1.36. The number of aryl methyl sites for hydroxylation is 2. The first-order valence-corrected chi connectivity index (χ1v) is 9.85. The van der Waals surface area contributed by atoms with Crippen LogP contribution in [-0.2, 0) is 25.9 Å². The van der Waals surface area contributed by atoms with Gasteiger partial charge in [0, 0.05) is 24.7 Å². The summed E-state index contributed by atoms with van der Waals surface area (Å²) in [5.74, 6) is -0.368. The van der Waals surface area contributed by atoms with E-state index in [0.717, 1.165) is 68.9 Å². The summed E-state index contributed by atoms with van der Waals surface area (Å²) in [6.07, 6.45) is 6.08. The molecule has 0 atom stereocenters. The van der Waals surface area contributed by atoms with Gasteiger partial charge in [-0.15, -0.1) is 0 Å². The van der Waals surface area contributed by atoms with E-state index in [9.17, 15) is 13.6 Å². The minimum atomic E-state index is -0.404. The predicted octanol–water partition coefficient (Wildman–Crippen LogP) is 3.31. The monoisotopic (exact) mass is 373 g/mol. The van der Waals surface area contributed by atoms with Gasteiger partial charge in [-0.3, -0.25) is 9.69 Å². The topological polar surface area (TPSA) is 38.1 Å². The van der Waals surface area contributed by atoms with Crippen LogP contribution in [-0.4, -0.2) is 27.8 Å². The van der Waals surface area contributed by atoms with Crippen LogP contribution < -0.4 is 5.56 Å². The molecular weight excluding hydrogens is 348 g/mol. The molecule has 1 aromatic carbocycles. The highest BCUT2D eigenvalue weighted by molar-refractivity contribution is 5.20. The number of halogens is 2. The highest BCUT2D eigenvalue weighted by Gasteiger charge is 2.22. The summed E-state index contributed by atoms with van der Waals surface area (Å²) in [7, 11) is 0. The van der Waals surface area contributed by atoms with Gasteiger partial charge < -0.3 is 0 Å². The first-order valence-electron chi connectivity index (χ1n) is 9.85. The maximum absolute atomic E-state index is 13.8. The van der Waals surface area contributed by atoms with E-state index in [1.54, 1.807) is 10.7 Å². The minimum absolute atomic E-state index is 0.0000820. The van der Waals surface area contributed by atoms with Crippen molar-refractivity contribution in [2.24, 2.45) is 5.92 Å². The van der Waals surface area contributed by atoms with Crippen LogP contribution in [0.1, 0.15) is 42.5 Å². The van der Waals surface area contributed by atoms with Gasteiger partial charge in [-0.05, 0) is 81.3 Å². The predicted molar refractivity (Wildman–Crippen MR) is 99.5 cm³/mol. The molecule has 0 N–H and O–H groups in total. The SMILES string of the molecule is O=c1cc2c(nn1CC1CCN(Cc3cc(F)ccc3F)CC1)CCCC2. The molecule has 1 saturated heterocycles. The van der Waals surface area contributed by atoms with E-state index in [-0.39, 0.29) is 11.4 Å². The Kier molecular flexibility index (Phi) is 5.34. The lowest BCUT2D eigenvalue weighted by molar-refractivity contribution is 0.161. The van der Waals surface area contributed by atoms with Crippen LogP contribution in [0, 0.1) is 17.6 Å². The number of benzene rings is 1. The normalized spacial score (nSPS) is 18.4. The zero-order valence-electron chi connectivity index (χ0n) is 15.5. The van der Waals surface area contributed by atoms with Crippen molar-refractivity contribution < 1.29 is 8.78 Å². The summed E-state index contributed by atoms with van der Waals surface area (Å²) in [4.78, 5) is 14.5. The molecule has 2 aliphatic rings. The molecule has 4 rings (SSSR count). The summed E-state index contributed by atoms with van der Waals surface area (Å²) in [6, 6.07) is 5.38. The quantitative estimate of drug-likeness (QED) is 0.825. The Hall–Kier alpha value is -2.08. The summed E-state index contributed by atoms with van der Waals surface area (Å²) in [5, 5.41) is 4.61. The third-order valence-electron chi connectivity index (χ3n) is 5.81. The summed E-state index contributed by atoms with van der Waals surface area (Å²) in [5.41, 5.74) is 2.61. The van der Waals surface area contributed by atoms with E-state index in [4.69, 9.17) is 0 Å². The number of likely N-dealkylation sites (tertiary alicyclic amines) is 1. The molecule has 0 spiro atoms. The Bertz CT molecular complexity index is 872. The lowest BCUT2D eigenvalue weighted by Crippen LogP contribution is -2.37. The number of nitrogens with zero attached hydrogens (tertiary/aromatic N) is 3. The van der Waals surface area contributed by atoms with Crippen LogP contribution >= 0.6 is 0 Å². The molecule has 1 aliphatic heterocycles. The van der Waals surface area contributed by atoms with Gasteiger partial charge in [0.25, 0.3) is 5.56 Å². The fourth-order valence-corrected chi connectivity index (χ4v) is 4.21. The molecule has 0 unspecified atom stereocenters. The van der Waals surface area contributed by atoms with Crippen LogP contribution in [0.25, 0.3) is 0 Å². The van der Waals surface area contributed by atoms with Crippen LogP contribution in [0.4, 0.5) is 8.78 Å². The number of hydrogen-bond acceptors (Lipinski definition) is 3. The fourth-order valence-electron chi connectivity index (χ4n) is 4.21. The molecule has 0 bridgehead atoms. The van der Waals surface area contributed by atoms with Gasteiger partial charge in [0.2, 0.25) is 0 Å². The van der Waals surface area contributed by atoms with Crippen molar-refractivity contribution in [1.82, 2.24) is 14.7 Å². The average molecular weight is 373 g/mol. The van der Waals surface area contributed by atoms with Crippen molar-refractivity contribution in [2.45, 2.75) is 51.6 Å². The van der Waals surface area contributed by atoms with Gasteiger partial charge in [0.15, 0.2) is 0 Å². The molecule has 6 heteroatoms. The second kappa shape index (κ2) is 7.89. The second-order valence-corrected chi connectivity index (χ2v) is 7.80. The van der Waals surface area contributed by atoms with Crippen molar-refractivity contribution in [3.05, 3.63) is 63.1 Å². The molecule has 4 nitrogen and oxygen atoms in total. The Morgan fingerprint density at radius 2 is 1.85 bits per heavy atom. The Morgan fingerprint density at radius 3 is 2.67 bits per heavy atom. The standard InChI is InChI=1S/C21H25F2N3O/c22-18-5-6-19(23)17(11-18)14-25-9-7-15(8-10-25)13-26-21(27)12-16-3-1-2-4-20(16)24-26/h5-6,11-12,15H,1-4,7-10,13-14H2. The number of hydrogen-bond donors (Lipinski definition) is 0. The molecular formula is C21H25F2N3O. The maximum atomic E-state index is 13.8. The third-order valence-corrected chi connectivity index (χ3v) is 5.81. The molecule has 0 radical (unpaired) electrons. The third kappa shape index (κ3) is 4.26. The van der Waals surface area contributed by atoms with Crippen LogP contribution in [0.3, 0.4) is 0 Å². The lowest BCUT2D eigenvalue weighted by atomic mass is 9.95. The number of fused-ring (bicyclic) bond motifs is 1. The zero-order chi connectivity index (χ0) is 18.8. The smallest absolute Gasteiger partial charge is 0.267 e. The highest BCUT2D eigenvalue weighted by Crippen LogP contribution is 2.22. The average Bonchev–Trinajstić information content (AvgIpc) is 2.67. The van der Waals surface area contributed by atoms with Crippen LogP contribution in [0.5, 0.6) is 0 Å². The van der Waals surface area contributed by atoms with Crippen molar-refractivity contribution in [1.29, 1.82) is 0 Å². The summed E-state index contributed by atoms with van der Waals surface area (Å²) >= 11 is 0. The molecule has 0 saturated carbocycles. The van der Waals surface area contributed by atoms with Gasteiger partial charge in [-0.2, -0.15) is 5.10 Å². The first kappa shape index (κ1) is 18.3. The Morgan fingerprint density at radius 1 is 1.07 bits per heavy atom. The van der Waals surface area contributed by atoms with Gasteiger partial charge in [-0.25, -0.2) is 13.5 Å². The van der Waals surface area contributed by atoms with Crippen LogP contribution in [0.2, 0.25) is 0 Å². The van der Waals surface area contributed by atoms with E-state index in [0.29, 0.717) is 24.6 Å². The van der Waals surface area contributed by atoms with E-state index in [2.05, 4.69) is 10.00 Å². The molecule has 27 heavy (non-hydrogen) atoms. The molecule has 1 aliphatic carbocycles. The van der Waals surface area contributed by atoms with Gasteiger partial charge in [0.1, 0.15) is 11.6 Å². The second-order valence-electron chi connectivity index (χ2n) is 7.80. The maximum Gasteiger partial charge on any atom is 0.267 e.